The van der Waals surface area contributed by atoms with Gasteiger partial charge in [-0.2, -0.15) is 4.31 Å². The maximum Gasteiger partial charge on any atom is 0.338 e. The molecule has 3 N–H and O–H groups in total. The topological polar surface area (TPSA) is 136 Å². The SMILES string of the molecule is C[C@@H](OC(=O)c1cccc(S(=O)(=O)N(C)C2CCCCC2)c1)C(=O)NC(N)=O. The first-order valence-corrected chi connectivity index (χ1v) is 10.5. The van der Waals surface area contributed by atoms with E-state index < -0.39 is 34.0 Å². The van der Waals surface area contributed by atoms with Crippen molar-refractivity contribution in [2.75, 3.05) is 7.05 Å². The standard InChI is InChI=1S/C18H25N3O6S/c1-12(16(22)20-18(19)24)27-17(23)13-7-6-10-15(11-13)28(25,26)21(2)14-8-4-3-5-9-14/h6-7,10-12,14H,3-5,8-9H2,1-2H3,(H3,19,20,22,24)/t12-/m1/s1. The summed E-state index contributed by atoms with van der Waals surface area (Å²) in [5, 5.41) is 1.81. The number of hydrogen-bond acceptors (Lipinski definition) is 6. The monoisotopic (exact) mass is 411 g/mol. The van der Waals surface area contributed by atoms with Crippen LogP contribution in [-0.4, -0.2) is 49.8 Å². The van der Waals surface area contributed by atoms with Gasteiger partial charge in [-0.05, 0) is 38.0 Å². The molecule has 154 valence electrons. The van der Waals surface area contributed by atoms with Crippen molar-refractivity contribution in [3.63, 3.8) is 0 Å². The first-order valence-electron chi connectivity index (χ1n) is 9.02. The van der Waals surface area contributed by atoms with E-state index in [-0.39, 0.29) is 16.5 Å². The predicted molar refractivity (Wildman–Crippen MR) is 101 cm³/mol. The van der Waals surface area contributed by atoms with Crippen LogP contribution in [0.25, 0.3) is 0 Å². The molecule has 1 fully saturated rings. The van der Waals surface area contributed by atoms with Crippen molar-refractivity contribution in [1.82, 2.24) is 9.62 Å². The van der Waals surface area contributed by atoms with Gasteiger partial charge in [0.15, 0.2) is 6.10 Å². The van der Waals surface area contributed by atoms with Crippen LogP contribution in [0.15, 0.2) is 29.2 Å². The van der Waals surface area contributed by atoms with Crippen LogP contribution in [0.4, 0.5) is 4.79 Å². The number of benzene rings is 1. The number of ether oxygens (including phenoxy) is 1. The maximum absolute atomic E-state index is 12.9. The molecule has 0 bridgehead atoms. The summed E-state index contributed by atoms with van der Waals surface area (Å²) in [5.74, 6) is -1.76. The van der Waals surface area contributed by atoms with Gasteiger partial charge in [0, 0.05) is 13.1 Å². The number of esters is 1. The molecule has 1 aromatic carbocycles. The lowest BCUT2D eigenvalue weighted by Crippen LogP contribution is -2.42. The zero-order valence-corrected chi connectivity index (χ0v) is 16.7. The first-order chi connectivity index (χ1) is 13.1. The van der Waals surface area contributed by atoms with Crippen LogP contribution in [0.2, 0.25) is 0 Å². The van der Waals surface area contributed by atoms with Gasteiger partial charge in [0.1, 0.15) is 0 Å². The van der Waals surface area contributed by atoms with Crippen molar-refractivity contribution in [2.24, 2.45) is 5.73 Å². The highest BCUT2D eigenvalue weighted by Crippen LogP contribution is 2.26. The highest BCUT2D eigenvalue weighted by Gasteiger charge is 2.30. The number of nitrogens with two attached hydrogens (primary N) is 1. The minimum atomic E-state index is -3.77. The molecule has 1 aliphatic carbocycles. The zero-order chi connectivity index (χ0) is 20.9. The lowest BCUT2D eigenvalue weighted by Gasteiger charge is -2.30. The van der Waals surface area contributed by atoms with E-state index in [9.17, 15) is 22.8 Å². The van der Waals surface area contributed by atoms with E-state index in [1.165, 1.54) is 35.5 Å². The third kappa shape index (κ3) is 5.29. The van der Waals surface area contributed by atoms with Crippen LogP contribution < -0.4 is 11.1 Å². The number of primary amides is 1. The molecule has 0 heterocycles. The van der Waals surface area contributed by atoms with E-state index in [4.69, 9.17) is 10.5 Å². The number of nitrogens with one attached hydrogen (secondary N) is 1. The Morgan fingerprint density at radius 3 is 2.46 bits per heavy atom. The van der Waals surface area contributed by atoms with E-state index in [2.05, 4.69) is 0 Å². The zero-order valence-electron chi connectivity index (χ0n) is 15.9. The molecule has 1 aromatic rings. The number of urea groups is 1. The van der Waals surface area contributed by atoms with E-state index >= 15 is 0 Å². The van der Waals surface area contributed by atoms with Crippen molar-refractivity contribution >= 4 is 27.9 Å². The normalized spacial score (nSPS) is 16.4. The maximum atomic E-state index is 12.9. The number of carbonyl (C=O) groups is 3. The molecule has 2 rings (SSSR count). The Morgan fingerprint density at radius 1 is 1.21 bits per heavy atom. The molecule has 0 unspecified atom stereocenters. The van der Waals surface area contributed by atoms with Crippen LogP contribution in [0.3, 0.4) is 0 Å². The van der Waals surface area contributed by atoms with Crippen molar-refractivity contribution in [3.05, 3.63) is 29.8 Å². The Labute approximate surface area is 164 Å². The third-order valence-corrected chi connectivity index (χ3v) is 6.64. The number of carbonyl (C=O) groups excluding carboxylic acids is 3. The predicted octanol–water partition coefficient (Wildman–Crippen LogP) is 1.38. The third-order valence-electron chi connectivity index (χ3n) is 4.74. The van der Waals surface area contributed by atoms with Crippen LogP contribution >= 0.6 is 0 Å². The lowest BCUT2D eigenvalue weighted by atomic mass is 9.96. The van der Waals surface area contributed by atoms with E-state index in [0.29, 0.717) is 0 Å². The molecule has 3 amide bonds. The molecule has 1 atom stereocenters. The molecular formula is C18H25N3O6S. The fourth-order valence-electron chi connectivity index (χ4n) is 3.10. The Bertz CT molecular complexity index is 849. The largest absolute Gasteiger partial charge is 0.449 e. The summed E-state index contributed by atoms with van der Waals surface area (Å²) in [7, 11) is -2.22. The summed E-state index contributed by atoms with van der Waals surface area (Å²) in [6, 6.07) is 4.33. The van der Waals surface area contributed by atoms with Gasteiger partial charge >= 0.3 is 12.0 Å². The van der Waals surface area contributed by atoms with Crippen molar-refractivity contribution < 1.29 is 27.5 Å². The number of hydrogen-bond donors (Lipinski definition) is 2. The van der Waals surface area contributed by atoms with Gasteiger partial charge in [0.25, 0.3) is 5.91 Å². The molecule has 0 saturated heterocycles. The van der Waals surface area contributed by atoms with Gasteiger partial charge in [-0.3, -0.25) is 10.1 Å². The Balaban J connectivity index is 2.15. The van der Waals surface area contributed by atoms with Gasteiger partial charge in [0.05, 0.1) is 10.5 Å². The number of nitrogens with zero attached hydrogens (tertiary/aromatic N) is 1. The van der Waals surface area contributed by atoms with Crippen LogP contribution in [0, 0.1) is 0 Å². The summed E-state index contributed by atoms with van der Waals surface area (Å²) in [6.45, 7) is 1.27. The highest BCUT2D eigenvalue weighted by molar-refractivity contribution is 7.89. The second-order valence-electron chi connectivity index (χ2n) is 6.74. The van der Waals surface area contributed by atoms with E-state index in [1.54, 1.807) is 12.4 Å². The molecule has 10 heteroatoms. The Kier molecular flexibility index (Phi) is 7.14. The number of amides is 3. The van der Waals surface area contributed by atoms with Gasteiger partial charge in [-0.15, -0.1) is 0 Å². The minimum absolute atomic E-state index is 0.0168. The first kappa shape index (κ1) is 21.8. The summed E-state index contributed by atoms with van der Waals surface area (Å²) < 4.78 is 32.2. The van der Waals surface area contributed by atoms with Crippen molar-refractivity contribution in [1.29, 1.82) is 0 Å². The average molecular weight is 411 g/mol. The summed E-state index contributed by atoms with van der Waals surface area (Å²) in [4.78, 5) is 34.6. The number of imide groups is 1. The molecule has 0 spiro atoms. The molecule has 1 saturated carbocycles. The molecule has 0 radical (unpaired) electrons. The number of sulfonamides is 1. The van der Waals surface area contributed by atoms with E-state index in [1.807, 2.05) is 0 Å². The minimum Gasteiger partial charge on any atom is -0.449 e. The molecule has 0 aromatic heterocycles. The van der Waals surface area contributed by atoms with Gasteiger partial charge in [0.2, 0.25) is 10.0 Å². The fraction of sp³-hybridized carbons (Fsp3) is 0.500. The Hall–Kier alpha value is -2.46. The molecule has 28 heavy (non-hydrogen) atoms. The second kappa shape index (κ2) is 9.16. The average Bonchev–Trinajstić information content (AvgIpc) is 2.67. The summed E-state index contributed by atoms with van der Waals surface area (Å²) in [6.07, 6.45) is 3.43. The molecule has 9 nitrogen and oxygen atoms in total. The van der Waals surface area contributed by atoms with Crippen LogP contribution in [0.1, 0.15) is 49.4 Å². The molecule has 0 aliphatic heterocycles. The van der Waals surface area contributed by atoms with Gasteiger partial charge in [-0.1, -0.05) is 25.3 Å². The number of rotatable bonds is 6. The fourth-order valence-corrected chi connectivity index (χ4v) is 4.56. The quantitative estimate of drug-likeness (QED) is 0.679. The van der Waals surface area contributed by atoms with Crippen molar-refractivity contribution in [2.45, 2.75) is 56.1 Å². The van der Waals surface area contributed by atoms with Crippen molar-refractivity contribution in [3.8, 4) is 0 Å². The summed E-state index contributed by atoms with van der Waals surface area (Å²) >= 11 is 0. The summed E-state index contributed by atoms with van der Waals surface area (Å²) in [5.41, 5.74) is 4.83. The van der Waals surface area contributed by atoms with Gasteiger partial charge in [-0.25, -0.2) is 18.0 Å². The lowest BCUT2D eigenvalue weighted by molar-refractivity contribution is -0.127. The highest BCUT2D eigenvalue weighted by atomic mass is 32.2. The van der Waals surface area contributed by atoms with E-state index in [0.717, 1.165) is 32.1 Å². The Morgan fingerprint density at radius 2 is 1.86 bits per heavy atom. The van der Waals surface area contributed by atoms with Crippen LogP contribution in [0.5, 0.6) is 0 Å². The second-order valence-corrected chi connectivity index (χ2v) is 8.74. The molecular weight excluding hydrogens is 386 g/mol. The smallest absolute Gasteiger partial charge is 0.338 e. The molecule has 1 aliphatic rings. The van der Waals surface area contributed by atoms with Gasteiger partial charge < -0.3 is 10.5 Å². The van der Waals surface area contributed by atoms with Crippen LogP contribution in [-0.2, 0) is 19.6 Å².